The number of rotatable bonds is 7. The molecule has 0 fully saturated rings. The highest BCUT2D eigenvalue weighted by Crippen LogP contribution is 2.23. The number of ether oxygens (including phenoxy) is 1. The summed E-state index contributed by atoms with van der Waals surface area (Å²) in [5.74, 6) is 7.88. The summed E-state index contributed by atoms with van der Waals surface area (Å²) < 4.78 is 7.63. The Balaban J connectivity index is 1.63. The quantitative estimate of drug-likeness (QED) is 0.248. The van der Waals surface area contributed by atoms with Gasteiger partial charge >= 0.3 is 0 Å². The molecule has 3 N–H and O–H groups in total. The molecule has 0 atom stereocenters. The molecule has 1 aromatic heterocycles. The fourth-order valence-corrected chi connectivity index (χ4v) is 3.44. The summed E-state index contributed by atoms with van der Waals surface area (Å²) in [4.78, 5) is 0. The van der Waals surface area contributed by atoms with Crippen molar-refractivity contribution < 1.29 is 4.74 Å². The van der Waals surface area contributed by atoms with Crippen LogP contribution in [-0.2, 0) is 5.75 Å². The van der Waals surface area contributed by atoms with Crippen LogP contribution in [0.25, 0.3) is 0 Å². The fraction of sp³-hybridized carbons (Fsp3) is 0.167. The monoisotopic (exact) mass is 446 g/mol. The Morgan fingerprint density at radius 2 is 2.04 bits per heavy atom. The first-order valence-corrected chi connectivity index (χ1v) is 9.86. The molecule has 140 valence electrons. The fourth-order valence-electron chi connectivity index (χ4n) is 2.25. The van der Waals surface area contributed by atoms with E-state index in [1.54, 1.807) is 13.3 Å². The van der Waals surface area contributed by atoms with Gasteiger partial charge in [-0.15, -0.1) is 10.2 Å². The second kappa shape index (κ2) is 8.92. The van der Waals surface area contributed by atoms with Gasteiger partial charge in [0.05, 0.1) is 13.3 Å². The summed E-state index contributed by atoms with van der Waals surface area (Å²) in [7, 11) is 1.61. The maximum atomic E-state index is 6.05. The number of aryl methyl sites for hydroxylation is 1. The number of aromatic nitrogens is 3. The van der Waals surface area contributed by atoms with E-state index in [0.29, 0.717) is 16.9 Å². The number of thioether (sulfide) groups is 1. The van der Waals surface area contributed by atoms with Crippen molar-refractivity contribution in [2.24, 2.45) is 5.10 Å². The van der Waals surface area contributed by atoms with E-state index in [-0.39, 0.29) is 0 Å². The Labute approximate surface area is 170 Å². The molecule has 3 aromatic rings. The number of halogens is 1. The van der Waals surface area contributed by atoms with Gasteiger partial charge in [-0.25, -0.2) is 10.1 Å². The molecule has 0 aliphatic carbocycles. The van der Waals surface area contributed by atoms with Crippen LogP contribution in [0.1, 0.15) is 16.7 Å². The van der Waals surface area contributed by atoms with Crippen LogP contribution in [0, 0.1) is 6.92 Å². The molecular formula is C18H19BrN6OS. The molecular weight excluding hydrogens is 428 g/mol. The van der Waals surface area contributed by atoms with Gasteiger partial charge in [-0.1, -0.05) is 57.5 Å². The molecule has 0 saturated carbocycles. The predicted octanol–water partition coefficient (Wildman–Crippen LogP) is 3.81. The number of hydrogen-bond donors (Lipinski definition) is 2. The van der Waals surface area contributed by atoms with Crippen molar-refractivity contribution in [1.82, 2.24) is 14.9 Å². The Hall–Kier alpha value is -2.52. The van der Waals surface area contributed by atoms with Crippen LogP contribution < -0.4 is 16.0 Å². The van der Waals surface area contributed by atoms with Crippen molar-refractivity contribution in [1.29, 1.82) is 0 Å². The van der Waals surface area contributed by atoms with Gasteiger partial charge in [0.25, 0.3) is 5.95 Å². The van der Waals surface area contributed by atoms with Gasteiger partial charge in [-0.05, 0) is 30.7 Å². The van der Waals surface area contributed by atoms with Crippen LogP contribution in [0.3, 0.4) is 0 Å². The molecule has 0 unspecified atom stereocenters. The second-order valence-electron chi connectivity index (χ2n) is 5.71. The number of hydrogen-bond acceptors (Lipinski definition) is 7. The van der Waals surface area contributed by atoms with Gasteiger partial charge in [0.1, 0.15) is 5.75 Å². The summed E-state index contributed by atoms with van der Waals surface area (Å²) in [5, 5.41) is 12.9. The molecule has 0 spiro atoms. The van der Waals surface area contributed by atoms with Gasteiger partial charge in [0.2, 0.25) is 5.16 Å². The summed E-state index contributed by atoms with van der Waals surface area (Å²) in [6.07, 6.45) is 1.64. The number of benzene rings is 2. The molecule has 0 bridgehead atoms. The topological polar surface area (TPSA) is 90.3 Å². The third-order valence-electron chi connectivity index (χ3n) is 3.71. The van der Waals surface area contributed by atoms with Crippen LogP contribution in [-0.4, -0.2) is 28.2 Å². The molecule has 9 heteroatoms. The minimum atomic E-state index is 0.353. The lowest BCUT2D eigenvalue weighted by Crippen LogP contribution is -2.13. The minimum absolute atomic E-state index is 0.353. The SMILES string of the molecule is COc1ccc(Br)cc1/C=N/Nc1nnc(SCc2ccc(C)cc2)n1N. The highest BCUT2D eigenvalue weighted by atomic mass is 79.9. The van der Waals surface area contributed by atoms with E-state index in [4.69, 9.17) is 10.6 Å². The van der Waals surface area contributed by atoms with Gasteiger partial charge in [-0.2, -0.15) is 5.10 Å². The van der Waals surface area contributed by atoms with E-state index in [9.17, 15) is 0 Å². The molecule has 0 aliphatic heterocycles. The second-order valence-corrected chi connectivity index (χ2v) is 7.56. The lowest BCUT2D eigenvalue weighted by atomic mass is 10.2. The molecule has 0 aliphatic rings. The molecule has 7 nitrogen and oxygen atoms in total. The largest absolute Gasteiger partial charge is 0.496 e. The van der Waals surface area contributed by atoms with Crippen molar-refractivity contribution in [3.63, 3.8) is 0 Å². The Morgan fingerprint density at radius 1 is 1.26 bits per heavy atom. The zero-order chi connectivity index (χ0) is 19.2. The molecule has 2 aromatic carbocycles. The summed E-state index contributed by atoms with van der Waals surface area (Å²) in [5.41, 5.74) is 6.05. The molecule has 27 heavy (non-hydrogen) atoms. The number of methoxy groups -OCH3 is 1. The smallest absolute Gasteiger partial charge is 0.264 e. The number of hydrazone groups is 1. The van der Waals surface area contributed by atoms with E-state index >= 15 is 0 Å². The first-order valence-electron chi connectivity index (χ1n) is 8.08. The average Bonchev–Trinajstić information content (AvgIpc) is 3.01. The van der Waals surface area contributed by atoms with Crippen LogP contribution >= 0.6 is 27.7 Å². The number of nitrogens with zero attached hydrogens (tertiary/aromatic N) is 4. The molecule has 1 heterocycles. The predicted molar refractivity (Wildman–Crippen MR) is 113 cm³/mol. The number of nitrogen functional groups attached to an aromatic ring is 1. The van der Waals surface area contributed by atoms with Gasteiger partial charge in [0.15, 0.2) is 0 Å². The van der Waals surface area contributed by atoms with E-state index in [1.807, 2.05) is 18.2 Å². The summed E-state index contributed by atoms with van der Waals surface area (Å²) in [6, 6.07) is 14.0. The minimum Gasteiger partial charge on any atom is -0.496 e. The lowest BCUT2D eigenvalue weighted by molar-refractivity contribution is 0.414. The third kappa shape index (κ3) is 5.01. The van der Waals surface area contributed by atoms with Crippen LogP contribution in [0.15, 0.2) is 57.2 Å². The maximum absolute atomic E-state index is 6.05. The van der Waals surface area contributed by atoms with Crippen molar-refractivity contribution >= 4 is 39.9 Å². The molecule has 0 radical (unpaired) electrons. The van der Waals surface area contributed by atoms with Gasteiger partial charge in [-0.3, -0.25) is 0 Å². The van der Waals surface area contributed by atoms with Crippen LogP contribution in [0.2, 0.25) is 0 Å². The molecule has 0 amide bonds. The Kier molecular flexibility index (Phi) is 6.36. The van der Waals surface area contributed by atoms with Crippen LogP contribution in [0.5, 0.6) is 5.75 Å². The van der Waals surface area contributed by atoms with Crippen molar-refractivity contribution in [3.8, 4) is 5.75 Å². The zero-order valence-corrected chi connectivity index (χ0v) is 17.3. The first-order chi connectivity index (χ1) is 13.1. The van der Waals surface area contributed by atoms with Crippen LogP contribution in [0.4, 0.5) is 5.95 Å². The first kappa shape index (κ1) is 19.2. The Morgan fingerprint density at radius 3 is 2.78 bits per heavy atom. The van der Waals surface area contributed by atoms with Crippen molar-refractivity contribution in [2.45, 2.75) is 17.8 Å². The normalized spacial score (nSPS) is 11.1. The summed E-state index contributed by atoms with van der Waals surface area (Å²) in [6.45, 7) is 2.07. The molecule has 3 rings (SSSR count). The highest BCUT2D eigenvalue weighted by molar-refractivity contribution is 9.10. The number of anilines is 1. The van der Waals surface area contributed by atoms with E-state index in [1.165, 1.54) is 27.6 Å². The van der Waals surface area contributed by atoms with Crippen molar-refractivity contribution in [2.75, 3.05) is 18.4 Å². The van der Waals surface area contributed by atoms with Gasteiger partial charge in [0, 0.05) is 15.8 Å². The van der Waals surface area contributed by atoms with Crippen molar-refractivity contribution in [3.05, 3.63) is 63.6 Å². The maximum Gasteiger partial charge on any atom is 0.264 e. The highest BCUT2D eigenvalue weighted by Gasteiger charge is 2.10. The zero-order valence-electron chi connectivity index (χ0n) is 14.9. The van der Waals surface area contributed by atoms with E-state index < -0.39 is 0 Å². The lowest BCUT2D eigenvalue weighted by Gasteiger charge is -2.05. The number of nitrogens with two attached hydrogens (primary N) is 1. The Bertz CT molecular complexity index is 942. The average molecular weight is 447 g/mol. The van der Waals surface area contributed by atoms with E-state index in [2.05, 4.69) is 67.8 Å². The standard InChI is InChI=1S/C18H19BrN6OS/c1-12-3-5-13(6-4-12)11-27-18-24-23-17(25(18)20)22-21-10-14-9-15(19)7-8-16(14)26-2/h3-10H,11,20H2,1-2H3,(H,22,23)/b21-10+. The third-order valence-corrected chi connectivity index (χ3v) is 5.22. The summed E-state index contributed by atoms with van der Waals surface area (Å²) >= 11 is 4.94. The molecule has 0 saturated heterocycles. The van der Waals surface area contributed by atoms with E-state index in [0.717, 1.165) is 15.8 Å². The number of nitrogens with one attached hydrogen (secondary N) is 1. The van der Waals surface area contributed by atoms with Gasteiger partial charge < -0.3 is 10.6 Å².